The van der Waals surface area contributed by atoms with Crippen LogP contribution >= 0.6 is 0 Å². The number of hydroxylamine groups is 2. The highest BCUT2D eigenvalue weighted by atomic mass is 16.7. The standard InChI is InChI=1S/C30H46N4O8/c1-28-9-6-18(34(40-3)27-26(38)25(37)24(32-33-31)22(14-35)42-27)13-17(28)4-5-21-20(28)7-10-29(2)19(8-11-30(21,29)39)16-12-23(36)41-15-16/h12,17-22,24-27,35,37-39H,4-11,13-15H2,1-3H3/t17-,18+,19-,20+,21-,22-,24-,25+,26-,27-,28+,29-,30+/m1/s1. The van der Waals surface area contributed by atoms with E-state index in [1.165, 1.54) is 7.11 Å². The molecule has 0 bridgehead atoms. The molecule has 12 nitrogen and oxygen atoms in total. The number of carbonyl (C=O) groups excluding carboxylic acids is 1. The molecule has 12 heteroatoms. The van der Waals surface area contributed by atoms with Crippen LogP contribution < -0.4 is 0 Å². The number of fused-ring (bicyclic) bond motifs is 5. The van der Waals surface area contributed by atoms with E-state index in [9.17, 15) is 25.2 Å². The van der Waals surface area contributed by atoms with Crippen LogP contribution in [-0.2, 0) is 19.1 Å². The molecule has 0 aromatic carbocycles. The fourth-order valence-electron chi connectivity index (χ4n) is 10.6. The van der Waals surface area contributed by atoms with Gasteiger partial charge < -0.3 is 29.9 Å². The maximum absolute atomic E-state index is 12.5. The molecule has 0 aromatic rings. The third-order valence-electron chi connectivity index (χ3n) is 12.8. The number of azide groups is 1. The van der Waals surface area contributed by atoms with Crippen molar-refractivity contribution in [1.82, 2.24) is 5.06 Å². The van der Waals surface area contributed by atoms with Crippen LogP contribution in [0.1, 0.15) is 71.6 Å². The molecule has 2 aliphatic heterocycles. The molecule has 4 saturated carbocycles. The number of aliphatic hydroxyl groups excluding tert-OH is 3. The van der Waals surface area contributed by atoms with E-state index in [4.69, 9.17) is 19.8 Å². The highest BCUT2D eigenvalue weighted by Crippen LogP contribution is 2.70. The van der Waals surface area contributed by atoms with Crippen molar-refractivity contribution in [3.63, 3.8) is 0 Å². The molecule has 4 aliphatic carbocycles. The lowest BCUT2D eigenvalue weighted by Crippen LogP contribution is -2.65. The smallest absolute Gasteiger partial charge is 0.331 e. The van der Waals surface area contributed by atoms with E-state index in [1.807, 2.05) is 0 Å². The third-order valence-corrected chi connectivity index (χ3v) is 12.8. The molecule has 2 heterocycles. The van der Waals surface area contributed by atoms with Gasteiger partial charge in [0.15, 0.2) is 6.23 Å². The first-order chi connectivity index (χ1) is 20.0. The molecule has 0 aromatic heterocycles. The highest BCUT2D eigenvalue weighted by molar-refractivity contribution is 5.85. The van der Waals surface area contributed by atoms with Gasteiger partial charge in [-0.25, -0.2) is 4.79 Å². The molecule has 13 atom stereocenters. The van der Waals surface area contributed by atoms with Crippen LogP contribution in [0.15, 0.2) is 16.8 Å². The molecule has 1 saturated heterocycles. The van der Waals surface area contributed by atoms with Crippen molar-refractivity contribution in [3.05, 3.63) is 22.1 Å². The van der Waals surface area contributed by atoms with Gasteiger partial charge in [-0.2, -0.15) is 5.06 Å². The van der Waals surface area contributed by atoms with Gasteiger partial charge in [0.2, 0.25) is 0 Å². The Balaban J connectivity index is 1.19. The van der Waals surface area contributed by atoms with E-state index in [-0.39, 0.29) is 34.7 Å². The molecule has 0 unspecified atom stereocenters. The summed E-state index contributed by atoms with van der Waals surface area (Å²) in [5, 5.41) is 49.2. The maximum Gasteiger partial charge on any atom is 0.331 e. The molecule has 6 rings (SSSR count). The molecule has 234 valence electrons. The molecule has 4 N–H and O–H groups in total. The number of hydrogen-bond acceptors (Lipinski definition) is 10. The summed E-state index contributed by atoms with van der Waals surface area (Å²) in [6, 6.07) is -1.18. The number of carbonyl (C=O) groups is 1. The zero-order valence-corrected chi connectivity index (χ0v) is 24.8. The summed E-state index contributed by atoms with van der Waals surface area (Å²) in [6.45, 7) is 4.51. The van der Waals surface area contributed by atoms with Crippen LogP contribution in [0, 0.1) is 34.5 Å². The van der Waals surface area contributed by atoms with E-state index < -0.39 is 42.8 Å². The summed E-state index contributed by atoms with van der Waals surface area (Å²) in [5.41, 5.74) is 8.94. The predicted octanol–water partition coefficient (Wildman–Crippen LogP) is 2.59. The van der Waals surface area contributed by atoms with Crippen molar-refractivity contribution >= 4 is 5.97 Å². The monoisotopic (exact) mass is 590 g/mol. The van der Waals surface area contributed by atoms with Crippen molar-refractivity contribution in [2.75, 3.05) is 20.3 Å². The minimum Gasteiger partial charge on any atom is -0.458 e. The molecule has 0 amide bonds. The van der Waals surface area contributed by atoms with Crippen LogP contribution in [0.5, 0.6) is 0 Å². The van der Waals surface area contributed by atoms with Crippen LogP contribution in [0.2, 0.25) is 0 Å². The Morgan fingerprint density at radius 1 is 1.12 bits per heavy atom. The molecule has 6 aliphatic rings. The number of nitrogens with zero attached hydrogens (tertiary/aromatic N) is 4. The van der Waals surface area contributed by atoms with Crippen molar-refractivity contribution in [2.45, 2.75) is 114 Å². The van der Waals surface area contributed by atoms with Crippen LogP contribution in [0.25, 0.3) is 10.4 Å². The molecule has 0 spiro atoms. The lowest BCUT2D eigenvalue weighted by molar-refractivity contribution is -0.332. The van der Waals surface area contributed by atoms with E-state index in [2.05, 4.69) is 23.9 Å². The average Bonchev–Trinajstić information content (AvgIpc) is 3.52. The van der Waals surface area contributed by atoms with E-state index in [1.54, 1.807) is 11.1 Å². The lowest BCUT2D eigenvalue weighted by atomic mass is 9.43. The van der Waals surface area contributed by atoms with Gasteiger partial charge in [0.05, 0.1) is 37.6 Å². The average molecular weight is 591 g/mol. The Bertz CT molecular complexity index is 1150. The first-order valence-electron chi connectivity index (χ1n) is 15.6. The molecular formula is C30H46N4O8. The zero-order chi connectivity index (χ0) is 30.0. The van der Waals surface area contributed by atoms with Crippen molar-refractivity contribution in [2.24, 2.45) is 39.6 Å². The lowest BCUT2D eigenvalue weighted by Gasteiger charge is -2.64. The SMILES string of the molecule is CON([C@H]1CC[C@@]2(C)[C@H](CC[C@@H]3[C@@H]2CC[C@]2(C)[C@@H](C4=CC(=O)OC4)CC[C@]32O)C1)[C@@H]1O[C@H](CO)[C@@H](N=[N+]=[N-])[C@H](O)[C@H]1O. The van der Waals surface area contributed by atoms with Gasteiger partial charge in [-0.15, -0.1) is 0 Å². The summed E-state index contributed by atoms with van der Waals surface area (Å²) in [5.74, 6) is 0.889. The number of esters is 1. The van der Waals surface area contributed by atoms with Crippen molar-refractivity contribution < 1.29 is 39.5 Å². The third kappa shape index (κ3) is 4.36. The van der Waals surface area contributed by atoms with Gasteiger partial charge in [-0.3, -0.25) is 4.84 Å². The van der Waals surface area contributed by atoms with E-state index >= 15 is 0 Å². The fourth-order valence-corrected chi connectivity index (χ4v) is 10.6. The van der Waals surface area contributed by atoms with Crippen LogP contribution in [-0.4, -0.2) is 94.0 Å². The number of aliphatic hydroxyl groups is 4. The maximum atomic E-state index is 12.5. The van der Waals surface area contributed by atoms with Gasteiger partial charge in [0.1, 0.15) is 12.7 Å². The normalized spacial score (nSPS) is 50.3. The Hall–Kier alpha value is -1.76. The fraction of sp³-hybridized carbons (Fsp3) is 0.900. The van der Waals surface area contributed by atoms with E-state index in [0.29, 0.717) is 18.4 Å². The quantitative estimate of drug-likeness (QED) is 0.119. The van der Waals surface area contributed by atoms with E-state index in [0.717, 1.165) is 63.4 Å². The van der Waals surface area contributed by atoms with Crippen LogP contribution in [0.3, 0.4) is 0 Å². The van der Waals surface area contributed by atoms with Gasteiger partial charge in [-0.05, 0) is 98.0 Å². The topological polar surface area (TPSA) is 178 Å². The number of hydrogen-bond donors (Lipinski definition) is 4. The number of rotatable bonds is 6. The number of cyclic esters (lactones) is 1. The summed E-state index contributed by atoms with van der Waals surface area (Å²) < 4.78 is 11.2. The second kappa shape index (κ2) is 11.0. The minimum atomic E-state index is -1.41. The largest absolute Gasteiger partial charge is 0.458 e. The number of ether oxygens (including phenoxy) is 2. The zero-order valence-electron chi connectivity index (χ0n) is 24.8. The summed E-state index contributed by atoms with van der Waals surface area (Å²) >= 11 is 0. The Morgan fingerprint density at radius 2 is 1.90 bits per heavy atom. The summed E-state index contributed by atoms with van der Waals surface area (Å²) in [4.78, 5) is 20.4. The van der Waals surface area contributed by atoms with Gasteiger partial charge >= 0.3 is 5.97 Å². The second-order valence-electron chi connectivity index (χ2n) is 14.2. The Morgan fingerprint density at radius 3 is 2.57 bits per heavy atom. The van der Waals surface area contributed by atoms with Gasteiger partial charge in [0, 0.05) is 22.4 Å². The second-order valence-corrected chi connectivity index (χ2v) is 14.2. The van der Waals surface area contributed by atoms with Gasteiger partial charge in [0.25, 0.3) is 0 Å². The minimum absolute atomic E-state index is 0.0471. The van der Waals surface area contributed by atoms with Gasteiger partial charge in [-0.1, -0.05) is 19.0 Å². The Labute approximate surface area is 246 Å². The molecule has 42 heavy (non-hydrogen) atoms. The molecular weight excluding hydrogens is 544 g/mol. The van der Waals surface area contributed by atoms with Crippen molar-refractivity contribution in [3.8, 4) is 0 Å². The predicted molar refractivity (Wildman–Crippen MR) is 149 cm³/mol. The van der Waals surface area contributed by atoms with Crippen LogP contribution in [0.4, 0.5) is 0 Å². The van der Waals surface area contributed by atoms with Crippen molar-refractivity contribution in [1.29, 1.82) is 0 Å². The highest BCUT2D eigenvalue weighted by Gasteiger charge is 2.68. The molecule has 0 radical (unpaired) electrons. The summed E-state index contributed by atoms with van der Waals surface area (Å²) in [6.07, 6.45) is 4.95. The molecule has 5 fully saturated rings. The first-order valence-corrected chi connectivity index (χ1v) is 15.6. The Kier molecular flexibility index (Phi) is 7.93. The first kappa shape index (κ1) is 30.3. The summed E-state index contributed by atoms with van der Waals surface area (Å²) in [7, 11) is 1.52.